The molecule has 0 aliphatic heterocycles. The van der Waals surface area contributed by atoms with Crippen LogP contribution in [-0.4, -0.2) is 26.6 Å². The summed E-state index contributed by atoms with van der Waals surface area (Å²) in [6.45, 7) is 0.239. The van der Waals surface area contributed by atoms with E-state index in [1.165, 1.54) is 0 Å². The first-order valence-corrected chi connectivity index (χ1v) is 7.29. The van der Waals surface area contributed by atoms with Gasteiger partial charge in [0.25, 0.3) is 0 Å². The van der Waals surface area contributed by atoms with E-state index in [2.05, 4.69) is 4.72 Å². The second-order valence-electron chi connectivity index (χ2n) is 3.85. The van der Waals surface area contributed by atoms with Gasteiger partial charge in [-0.1, -0.05) is 30.3 Å². The van der Waals surface area contributed by atoms with Crippen LogP contribution in [0.3, 0.4) is 0 Å². The topological polar surface area (TPSA) is 89.3 Å². The van der Waals surface area contributed by atoms with E-state index < -0.39 is 15.9 Å². The molecule has 1 radical (unpaired) electrons. The third kappa shape index (κ3) is 6.36. The first kappa shape index (κ1) is 14.7. The van der Waals surface area contributed by atoms with Gasteiger partial charge >= 0.3 is 0 Å². The Morgan fingerprint density at radius 2 is 1.94 bits per heavy atom. The van der Waals surface area contributed by atoms with Gasteiger partial charge in [0, 0.05) is 19.4 Å². The molecule has 0 heterocycles. The molecule has 0 unspecified atom stereocenters. The van der Waals surface area contributed by atoms with E-state index in [1.54, 1.807) is 6.42 Å². The van der Waals surface area contributed by atoms with Crippen LogP contribution < -0.4 is 10.5 Å². The number of carbonyl (C=O) groups is 1. The maximum Gasteiger partial charge on any atom is 0.217 e. The summed E-state index contributed by atoms with van der Waals surface area (Å²) in [5, 5.41) is 0. The first-order chi connectivity index (χ1) is 8.49. The number of hydrogen-bond acceptors (Lipinski definition) is 3. The predicted octanol–water partition coefficient (Wildman–Crippen LogP) is 0.424. The van der Waals surface area contributed by atoms with Crippen molar-refractivity contribution in [2.24, 2.45) is 5.73 Å². The summed E-state index contributed by atoms with van der Waals surface area (Å²) in [5.74, 6) is -0.570. The van der Waals surface area contributed by atoms with Crippen LogP contribution in [0.2, 0.25) is 0 Å². The molecule has 0 saturated heterocycles. The molecule has 0 aliphatic carbocycles. The molecule has 1 aromatic rings. The molecule has 5 nitrogen and oxygen atoms in total. The van der Waals surface area contributed by atoms with Crippen LogP contribution in [0.5, 0.6) is 0 Å². The quantitative estimate of drug-likeness (QED) is 0.717. The Hall–Kier alpha value is -1.40. The molecule has 18 heavy (non-hydrogen) atoms. The molecule has 1 rings (SSSR count). The summed E-state index contributed by atoms with van der Waals surface area (Å²) in [4.78, 5) is 10.5. The third-order valence-electron chi connectivity index (χ3n) is 2.28. The third-order valence-corrected chi connectivity index (χ3v) is 3.71. The number of benzene rings is 1. The minimum atomic E-state index is -3.34. The molecular weight excluding hydrogens is 252 g/mol. The van der Waals surface area contributed by atoms with Gasteiger partial charge in [0.15, 0.2) is 0 Å². The molecule has 1 aromatic carbocycles. The SMILES string of the molecule is NC(=O)CCCS(=O)(=O)NC[CH]c1ccccc1. The highest BCUT2D eigenvalue weighted by molar-refractivity contribution is 7.89. The van der Waals surface area contributed by atoms with Crippen molar-refractivity contribution in [3.8, 4) is 0 Å². The van der Waals surface area contributed by atoms with Gasteiger partial charge in [0.05, 0.1) is 5.75 Å². The van der Waals surface area contributed by atoms with Crippen molar-refractivity contribution in [1.29, 1.82) is 0 Å². The summed E-state index contributed by atoms with van der Waals surface area (Å²) in [5.41, 5.74) is 5.89. The van der Waals surface area contributed by atoms with Crippen molar-refractivity contribution < 1.29 is 13.2 Å². The van der Waals surface area contributed by atoms with E-state index in [4.69, 9.17) is 5.73 Å². The van der Waals surface area contributed by atoms with E-state index in [0.717, 1.165) is 5.56 Å². The fourth-order valence-corrected chi connectivity index (χ4v) is 2.39. The molecular formula is C12H17N2O3S. The predicted molar refractivity (Wildman–Crippen MR) is 70.1 cm³/mol. The van der Waals surface area contributed by atoms with E-state index in [1.807, 2.05) is 30.3 Å². The Kier molecular flexibility index (Phi) is 5.80. The average Bonchev–Trinajstić information content (AvgIpc) is 2.29. The van der Waals surface area contributed by atoms with Crippen molar-refractivity contribution >= 4 is 15.9 Å². The number of nitrogens with one attached hydrogen (secondary N) is 1. The van der Waals surface area contributed by atoms with Crippen LogP contribution in [0, 0.1) is 6.42 Å². The number of primary amides is 1. The van der Waals surface area contributed by atoms with Gasteiger partial charge in [-0.25, -0.2) is 13.1 Å². The van der Waals surface area contributed by atoms with Crippen LogP contribution in [-0.2, 0) is 14.8 Å². The monoisotopic (exact) mass is 269 g/mol. The van der Waals surface area contributed by atoms with Crippen LogP contribution in [0.15, 0.2) is 30.3 Å². The minimum absolute atomic E-state index is 0.0848. The fourth-order valence-electron chi connectivity index (χ4n) is 1.38. The molecule has 0 aliphatic rings. The van der Waals surface area contributed by atoms with Crippen LogP contribution in [0.4, 0.5) is 0 Å². The minimum Gasteiger partial charge on any atom is -0.370 e. The molecule has 0 aromatic heterocycles. The van der Waals surface area contributed by atoms with Crippen molar-refractivity contribution in [3.63, 3.8) is 0 Å². The van der Waals surface area contributed by atoms with Gasteiger partial charge in [-0.05, 0) is 12.0 Å². The van der Waals surface area contributed by atoms with Crippen molar-refractivity contribution in [3.05, 3.63) is 42.3 Å². The molecule has 0 bridgehead atoms. The van der Waals surface area contributed by atoms with Crippen molar-refractivity contribution in [2.45, 2.75) is 12.8 Å². The molecule has 99 valence electrons. The number of sulfonamides is 1. The van der Waals surface area contributed by atoms with Gasteiger partial charge in [0.2, 0.25) is 15.9 Å². The standard InChI is InChI=1S/C12H17N2O3S/c13-12(15)7-4-10-18(16,17)14-9-8-11-5-2-1-3-6-11/h1-3,5-6,8,14H,4,7,9-10H2,(H2,13,15). The van der Waals surface area contributed by atoms with E-state index >= 15 is 0 Å². The number of amides is 1. The highest BCUT2D eigenvalue weighted by Crippen LogP contribution is 2.01. The van der Waals surface area contributed by atoms with Crippen molar-refractivity contribution in [2.75, 3.05) is 12.3 Å². The Labute approximate surface area is 107 Å². The number of rotatable bonds is 8. The summed E-state index contributed by atoms with van der Waals surface area (Å²) < 4.78 is 25.5. The second kappa shape index (κ2) is 7.13. The average molecular weight is 269 g/mol. The van der Waals surface area contributed by atoms with Crippen LogP contribution in [0.1, 0.15) is 18.4 Å². The molecule has 6 heteroatoms. The Balaban J connectivity index is 2.27. The normalized spacial score (nSPS) is 11.3. The number of nitrogens with two attached hydrogens (primary N) is 1. The highest BCUT2D eigenvalue weighted by atomic mass is 32.2. The maximum atomic E-state index is 11.5. The highest BCUT2D eigenvalue weighted by Gasteiger charge is 2.09. The molecule has 0 fully saturated rings. The van der Waals surface area contributed by atoms with E-state index in [9.17, 15) is 13.2 Å². The van der Waals surface area contributed by atoms with Gasteiger partial charge < -0.3 is 5.73 Å². The van der Waals surface area contributed by atoms with Gasteiger partial charge in [-0.2, -0.15) is 0 Å². The lowest BCUT2D eigenvalue weighted by atomic mass is 10.2. The lowest BCUT2D eigenvalue weighted by molar-refractivity contribution is -0.118. The van der Waals surface area contributed by atoms with E-state index in [0.29, 0.717) is 0 Å². The Morgan fingerprint density at radius 3 is 2.56 bits per heavy atom. The largest absolute Gasteiger partial charge is 0.370 e. The summed E-state index contributed by atoms with van der Waals surface area (Å²) in [6, 6.07) is 9.44. The van der Waals surface area contributed by atoms with Gasteiger partial charge in [-0.3, -0.25) is 4.79 Å². The lowest BCUT2D eigenvalue weighted by Gasteiger charge is -2.05. The van der Waals surface area contributed by atoms with Crippen LogP contribution in [0.25, 0.3) is 0 Å². The van der Waals surface area contributed by atoms with Crippen molar-refractivity contribution in [1.82, 2.24) is 4.72 Å². The maximum absolute atomic E-state index is 11.5. The molecule has 0 spiro atoms. The van der Waals surface area contributed by atoms with Gasteiger partial charge in [-0.15, -0.1) is 0 Å². The lowest BCUT2D eigenvalue weighted by Crippen LogP contribution is -2.28. The zero-order valence-electron chi connectivity index (χ0n) is 10.0. The molecule has 0 saturated carbocycles. The summed E-state index contributed by atoms with van der Waals surface area (Å²) in [7, 11) is -3.34. The summed E-state index contributed by atoms with van der Waals surface area (Å²) in [6.07, 6.45) is 2.12. The van der Waals surface area contributed by atoms with E-state index in [-0.39, 0.29) is 25.1 Å². The Bertz CT molecular complexity index is 471. The molecule has 1 amide bonds. The zero-order valence-corrected chi connectivity index (χ0v) is 10.8. The first-order valence-electron chi connectivity index (χ1n) is 5.63. The zero-order chi connectivity index (χ0) is 13.4. The smallest absolute Gasteiger partial charge is 0.217 e. The van der Waals surface area contributed by atoms with Gasteiger partial charge in [0.1, 0.15) is 0 Å². The number of carbonyl (C=O) groups excluding carboxylic acids is 1. The summed E-state index contributed by atoms with van der Waals surface area (Å²) >= 11 is 0. The molecule has 3 N–H and O–H groups in total. The Morgan fingerprint density at radius 1 is 1.28 bits per heavy atom. The molecule has 0 atom stereocenters. The second-order valence-corrected chi connectivity index (χ2v) is 5.78. The fraction of sp³-hybridized carbons (Fsp3) is 0.333. The number of hydrogen-bond donors (Lipinski definition) is 2. The van der Waals surface area contributed by atoms with Crippen LogP contribution >= 0.6 is 0 Å².